The van der Waals surface area contributed by atoms with E-state index >= 15 is 0 Å². The smallest absolute Gasteiger partial charge is 0.290 e. The summed E-state index contributed by atoms with van der Waals surface area (Å²) in [4.78, 5) is 19.7. The maximum absolute atomic E-state index is 8.36. The minimum Gasteiger partial charge on any atom is -0.491 e. The van der Waals surface area contributed by atoms with E-state index in [1.54, 1.807) is 0 Å². The van der Waals surface area contributed by atoms with E-state index in [1.165, 1.54) is 11.1 Å². The van der Waals surface area contributed by atoms with Gasteiger partial charge < -0.3 is 14.7 Å². The van der Waals surface area contributed by atoms with Gasteiger partial charge in [0, 0.05) is 23.9 Å². The van der Waals surface area contributed by atoms with Crippen molar-refractivity contribution >= 4 is 12.3 Å². The number of fused-ring (bicyclic) bond motifs is 1. The van der Waals surface area contributed by atoms with Crippen molar-refractivity contribution in [1.29, 1.82) is 0 Å². The molecular weight excluding hydrogens is 306 g/mol. The topological polar surface area (TPSA) is 75.5 Å². The Labute approximate surface area is 142 Å². The van der Waals surface area contributed by atoms with Crippen LogP contribution in [0.5, 0.6) is 5.75 Å². The van der Waals surface area contributed by atoms with Crippen LogP contribution in [0.1, 0.15) is 30.3 Å². The van der Waals surface area contributed by atoms with Crippen molar-refractivity contribution in [3.05, 3.63) is 47.4 Å². The first-order valence-electron chi connectivity index (χ1n) is 8.05. The number of aryl methyl sites for hydroxylation is 2. The summed E-state index contributed by atoms with van der Waals surface area (Å²) >= 11 is 0. The molecule has 3 rings (SSSR count). The van der Waals surface area contributed by atoms with Crippen molar-refractivity contribution in [1.82, 2.24) is 9.97 Å². The van der Waals surface area contributed by atoms with Crippen LogP contribution in [-0.2, 0) is 17.8 Å². The van der Waals surface area contributed by atoms with Gasteiger partial charge in [-0.3, -0.25) is 4.79 Å². The van der Waals surface area contributed by atoms with Gasteiger partial charge in [0.05, 0.1) is 6.54 Å². The molecule has 2 heterocycles. The van der Waals surface area contributed by atoms with Gasteiger partial charge in [0.15, 0.2) is 0 Å². The van der Waals surface area contributed by atoms with E-state index < -0.39 is 0 Å². The van der Waals surface area contributed by atoms with Crippen molar-refractivity contribution in [2.24, 2.45) is 0 Å². The van der Waals surface area contributed by atoms with Gasteiger partial charge in [-0.1, -0.05) is 31.5 Å². The number of hydrogen-bond donors (Lipinski definition) is 1. The van der Waals surface area contributed by atoms with Crippen molar-refractivity contribution in [2.75, 3.05) is 18.1 Å². The Bertz CT molecular complexity index is 676. The molecule has 0 atom stereocenters. The van der Waals surface area contributed by atoms with E-state index in [9.17, 15) is 0 Å². The van der Waals surface area contributed by atoms with Crippen molar-refractivity contribution in [3.8, 4) is 5.75 Å². The van der Waals surface area contributed by atoms with Gasteiger partial charge in [-0.25, -0.2) is 9.97 Å². The largest absolute Gasteiger partial charge is 0.491 e. The summed E-state index contributed by atoms with van der Waals surface area (Å²) in [5.41, 5.74) is 2.44. The highest BCUT2D eigenvalue weighted by molar-refractivity contribution is 5.49. The second-order valence-electron chi connectivity index (χ2n) is 5.50. The molecule has 0 saturated heterocycles. The highest BCUT2D eigenvalue weighted by atomic mass is 16.5. The van der Waals surface area contributed by atoms with E-state index in [2.05, 4.69) is 33.9 Å². The van der Waals surface area contributed by atoms with Crippen LogP contribution >= 0.6 is 0 Å². The fraction of sp³-hybridized carbons (Fsp3) is 0.389. The summed E-state index contributed by atoms with van der Waals surface area (Å²) in [6.45, 7) is 6.25. The van der Waals surface area contributed by atoms with Crippen LogP contribution in [0.25, 0.3) is 0 Å². The molecule has 24 heavy (non-hydrogen) atoms. The number of rotatable bonds is 3. The molecule has 6 nitrogen and oxygen atoms in total. The SMILES string of the molecule is CCCc1cnc(C)nc1N1CCOc2ccccc2C1.O=CO. The number of ether oxygens (including phenoxy) is 1. The molecule has 0 aliphatic carbocycles. The molecule has 0 spiro atoms. The van der Waals surface area contributed by atoms with Crippen LogP contribution < -0.4 is 9.64 Å². The molecule has 0 amide bonds. The number of para-hydroxylation sites is 1. The Morgan fingerprint density at radius 3 is 2.88 bits per heavy atom. The Morgan fingerprint density at radius 1 is 1.38 bits per heavy atom. The number of carbonyl (C=O) groups is 1. The number of carboxylic acid groups (broad SMARTS) is 1. The lowest BCUT2D eigenvalue weighted by molar-refractivity contribution is -0.122. The van der Waals surface area contributed by atoms with Gasteiger partial charge in [0.25, 0.3) is 6.47 Å². The average Bonchev–Trinajstić information content (AvgIpc) is 2.79. The zero-order valence-electron chi connectivity index (χ0n) is 14.1. The van der Waals surface area contributed by atoms with Crippen LogP contribution in [0, 0.1) is 6.92 Å². The summed E-state index contributed by atoms with van der Waals surface area (Å²) in [6.07, 6.45) is 4.08. The van der Waals surface area contributed by atoms with Gasteiger partial charge in [-0.15, -0.1) is 0 Å². The summed E-state index contributed by atoms with van der Waals surface area (Å²) in [7, 11) is 0. The Kier molecular flexibility index (Phi) is 6.54. The molecule has 1 aromatic heterocycles. The molecule has 0 bridgehead atoms. The molecule has 0 fully saturated rings. The number of anilines is 1. The van der Waals surface area contributed by atoms with Gasteiger partial charge >= 0.3 is 0 Å². The first-order valence-corrected chi connectivity index (χ1v) is 8.05. The molecule has 0 saturated carbocycles. The van der Waals surface area contributed by atoms with Crippen molar-refractivity contribution < 1.29 is 14.6 Å². The van der Waals surface area contributed by atoms with Crippen LogP contribution in [-0.4, -0.2) is 34.7 Å². The van der Waals surface area contributed by atoms with E-state index in [-0.39, 0.29) is 6.47 Å². The van der Waals surface area contributed by atoms with Crippen molar-refractivity contribution in [2.45, 2.75) is 33.2 Å². The summed E-state index contributed by atoms with van der Waals surface area (Å²) in [6, 6.07) is 8.24. The number of aromatic nitrogens is 2. The number of benzene rings is 1. The second kappa shape index (κ2) is 8.86. The van der Waals surface area contributed by atoms with E-state index in [0.29, 0.717) is 6.61 Å². The average molecular weight is 329 g/mol. The highest BCUT2D eigenvalue weighted by Gasteiger charge is 2.19. The molecule has 2 aromatic rings. The molecular formula is C18H23N3O3. The van der Waals surface area contributed by atoms with Gasteiger partial charge in [-0.2, -0.15) is 0 Å². The molecule has 6 heteroatoms. The zero-order chi connectivity index (χ0) is 17.4. The minimum atomic E-state index is -0.250. The van der Waals surface area contributed by atoms with E-state index in [0.717, 1.165) is 43.3 Å². The maximum atomic E-state index is 8.36. The normalized spacial score (nSPS) is 13.0. The summed E-state index contributed by atoms with van der Waals surface area (Å²) < 4.78 is 5.85. The quantitative estimate of drug-likeness (QED) is 0.873. The minimum absolute atomic E-state index is 0.250. The predicted molar refractivity (Wildman–Crippen MR) is 92.4 cm³/mol. The van der Waals surface area contributed by atoms with E-state index in [4.69, 9.17) is 14.6 Å². The van der Waals surface area contributed by atoms with E-state index in [1.807, 2.05) is 25.3 Å². The fourth-order valence-electron chi connectivity index (χ4n) is 2.71. The Balaban J connectivity index is 0.000000647. The van der Waals surface area contributed by atoms with Crippen LogP contribution in [0.3, 0.4) is 0 Å². The predicted octanol–water partition coefficient (Wildman–Crippen LogP) is 2.84. The Morgan fingerprint density at radius 2 is 2.12 bits per heavy atom. The molecule has 0 unspecified atom stereocenters. The first kappa shape index (κ1) is 17.7. The van der Waals surface area contributed by atoms with Crippen molar-refractivity contribution in [3.63, 3.8) is 0 Å². The third-order valence-electron chi connectivity index (χ3n) is 3.73. The molecule has 1 aliphatic heterocycles. The number of hydrogen-bond acceptors (Lipinski definition) is 5. The van der Waals surface area contributed by atoms with Gasteiger partial charge in [-0.05, 0) is 19.4 Å². The third-order valence-corrected chi connectivity index (χ3v) is 3.73. The maximum Gasteiger partial charge on any atom is 0.290 e. The monoisotopic (exact) mass is 329 g/mol. The van der Waals surface area contributed by atoms with Gasteiger partial charge in [0.2, 0.25) is 0 Å². The lowest BCUT2D eigenvalue weighted by Crippen LogP contribution is -2.27. The Hall–Kier alpha value is -2.63. The summed E-state index contributed by atoms with van der Waals surface area (Å²) in [5.74, 6) is 2.87. The lowest BCUT2D eigenvalue weighted by Gasteiger charge is -2.23. The molecule has 128 valence electrons. The lowest BCUT2D eigenvalue weighted by atomic mass is 10.1. The highest BCUT2D eigenvalue weighted by Crippen LogP contribution is 2.27. The zero-order valence-corrected chi connectivity index (χ0v) is 14.1. The molecule has 1 N–H and O–H groups in total. The van der Waals surface area contributed by atoms with Crippen LogP contribution in [0.2, 0.25) is 0 Å². The molecule has 1 aliphatic rings. The first-order chi connectivity index (χ1) is 11.7. The van der Waals surface area contributed by atoms with Crippen LogP contribution in [0.15, 0.2) is 30.5 Å². The van der Waals surface area contributed by atoms with Crippen LogP contribution in [0.4, 0.5) is 5.82 Å². The standard InChI is InChI=1S/C17H21N3O.CH2O2/c1-3-6-14-11-18-13(2)19-17(14)20-9-10-21-16-8-5-4-7-15(16)12-20;2-1-3/h4-5,7-8,11H,3,6,9-10,12H2,1-2H3;1H,(H,2,3). The molecule has 0 radical (unpaired) electrons. The fourth-order valence-corrected chi connectivity index (χ4v) is 2.71. The molecule has 1 aromatic carbocycles. The second-order valence-corrected chi connectivity index (χ2v) is 5.50. The number of nitrogens with zero attached hydrogens (tertiary/aromatic N) is 3. The summed E-state index contributed by atoms with van der Waals surface area (Å²) in [5, 5.41) is 6.89. The third kappa shape index (κ3) is 4.44. The van der Waals surface area contributed by atoms with Gasteiger partial charge in [0.1, 0.15) is 24.0 Å².